The highest BCUT2D eigenvalue weighted by atomic mass is 16.5. The molecule has 0 N–H and O–H groups in total. The van der Waals surface area contributed by atoms with Crippen LogP contribution in [0.15, 0.2) is 30.3 Å². The fraction of sp³-hybridized carbons (Fsp3) is 0.471. The molecule has 1 aromatic carbocycles. The van der Waals surface area contributed by atoms with Gasteiger partial charge < -0.3 is 4.74 Å². The Morgan fingerprint density at radius 2 is 1.71 bits per heavy atom. The predicted molar refractivity (Wildman–Crippen MR) is 77.6 cm³/mol. The smallest absolute Gasteiger partial charge is 0.176 e. The third kappa shape index (κ3) is 4.08. The highest BCUT2D eigenvalue weighted by Gasteiger charge is 2.43. The molecule has 0 spiro atoms. The molecular formula is C17H20O4. The quantitative estimate of drug-likeness (QED) is 0.780. The Balaban J connectivity index is 1.88. The van der Waals surface area contributed by atoms with Crippen molar-refractivity contribution in [2.45, 2.75) is 33.3 Å². The number of benzene rings is 1. The van der Waals surface area contributed by atoms with Crippen LogP contribution in [-0.2, 0) is 25.7 Å². The van der Waals surface area contributed by atoms with E-state index in [1.807, 2.05) is 44.2 Å². The summed E-state index contributed by atoms with van der Waals surface area (Å²) in [6.07, 6.45) is 0.543. The van der Waals surface area contributed by atoms with Gasteiger partial charge in [-0.15, -0.1) is 0 Å². The summed E-state index contributed by atoms with van der Waals surface area (Å²) in [5, 5.41) is 0. The fourth-order valence-electron chi connectivity index (χ4n) is 2.68. The summed E-state index contributed by atoms with van der Waals surface area (Å²) in [7, 11) is 0. The van der Waals surface area contributed by atoms with Crippen molar-refractivity contribution in [3.8, 4) is 0 Å². The maximum atomic E-state index is 12.1. The van der Waals surface area contributed by atoms with Crippen molar-refractivity contribution in [1.29, 1.82) is 0 Å². The normalized spacial score (nSPS) is 18.8. The monoisotopic (exact) mass is 288 g/mol. The van der Waals surface area contributed by atoms with Gasteiger partial charge in [0.05, 0.1) is 6.61 Å². The molecule has 1 aromatic rings. The molecule has 4 nitrogen and oxygen atoms in total. The minimum atomic E-state index is -1.12. The Morgan fingerprint density at radius 1 is 1.14 bits per heavy atom. The van der Waals surface area contributed by atoms with Gasteiger partial charge in [0.1, 0.15) is 12.5 Å². The molecule has 0 unspecified atom stereocenters. The lowest BCUT2D eigenvalue weighted by atomic mass is 9.70. The molecule has 0 saturated heterocycles. The lowest BCUT2D eigenvalue weighted by Crippen LogP contribution is -2.43. The fourth-order valence-corrected chi connectivity index (χ4v) is 2.68. The van der Waals surface area contributed by atoms with E-state index in [1.54, 1.807) is 0 Å². The van der Waals surface area contributed by atoms with Gasteiger partial charge in [0.25, 0.3) is 0 Å². The second kappa shape index (κ2) is 6.31. The number of ketones is 3. The van der Waals surface area contributed by atoms with Crippen molar-refractivity contribution >= 4 is 17.3 Å². The summed E-state index contributed by atoms with van der Waals surface area (Å²) in [6, 6.07) is 9.46. The van der Waals surface area contributed by atoms with Crippen LogP contribution in [0.5, 0.6) is 0 Å². The number of hydrogen-bond acceptors (Lipinski definition) is 4. The van der Waals surface area contributed by atoms with Crippen LogP contribution in [-0.4, -0.2) is 24.0 Å². The second-order valence-electron chi connectivity index (χ2n) is 6.33. The van der Waals surface area contributed by atoms with Gasteiger partial charge in [-0.25, -0.2) is 0 Å². The third-order valence-electron chi connectivity index (χ3n) is 3.63. The summed E-state index contributed by atoms with van der Waals surface area (Å²) < 4.78 is 5.33. The Kier molecular flexibility index (Phi) is 4.68. The Bertz CT molecular complexity index is 525. The van der Waals surface area contributed by atoms with Gasteiger partial charge in [0, 0.05) is 12.8 Å². The van der Waals surface area contributed by atoms with E-state index in [0.29, 0.717) is 6.61 Å². The topological polar surface area (TPSA) is 60.4 Å². The number of rotatable bonds is 5. The van der Waals surface area contributed by atoms with Crippen molar-refractivity contribution in [2.75, 3.05) is 6.61 Å². The van der Waals surface area contributed by atoms with Crippen molar-refractivity contribution < 1.29 is 19.1 Å². The molecule has 0 aliphatic heterocycles. The minimum Gasteiger partial charge on any atom is -0.369 e. The maximum absolute atomic E-state index is 12.1. The van der Waals surface area contributed by atoms with Crippen molar-refractivity contribution in [2.24, 2.45) is 11.3 Å². The van der Waals surface area contributed by atoms with Gasteiger partial charge in [-0.3, -0.25) is 14.4 Å². The van der Waals surface area contributed by atoms with Gasteiger partial charge in [-0.05, 0) is 11.0 Å². The summed E-state index contributed by atoms with van der Waals surface area (Å²) in [5.74, 6) is -2.08. The molecule has 2 rings (SSSR count). The molecule has 0 bridgehead atoms. The number of hydrogen-bond donors (Lipinski definition) is 0. The molecule has 112 valence electrons. The number of Topliss-reactive ketones (excluding diaryl/α,β-unsaturated/α-hetero) is 3. The first-order valence-electron chi connectivity index (χ1n) is 7.09. The molecule has 0 radical (unpaired) electrons. The number of ether oxygens (including phenoxy) is 1. The van der Waals surface area contributed by atoms with E-state index < -0.39 is 11.7 Å². The van der Waals surface area contributed by atoms with Crippen molar-refractivity contribution in [1.82, 2.24) is 0 Å². The van der Waals surface area contributed by atoms with Gasteiger partial charge >= 0.3 is 0 Å². The molecule has 0 aromatic heterocycles. The molecule has 1 saturated carbocycles. The number of carbonyl (C=O) groups is 3. The standard InChI is InChI=1S/C17H20O4/c1-17(2)8-13(18)16(14(19)9-17)15(20)11-21-10-12-6-4-3-5-7-12/h3-7,16H,8-11H2,1-2H3. The number of carbonyl (C=O) groups excluding carboxylic acids is 3. The third-order valence-corrected chi connectivity index (χ3v) is 3.63. The van der Waals surface area contributed by atoms with E-state index in [-0.39, 0.29) is 36.4 Å². The zero-order valence-corrected chi connectivity index (χ0v) is 12.4. The lowest BCUT2D eigenvalue weighted by molar-refractivity contribution is -0.147. The van der Waals surface area contributed by atoms with E-state index >= 15 is 0 Å². The molecule has 0 atom stereocenters. The molecule has 0 heterocycles. The van der Waals surface area contributed by atoms with Crippen LogP contribution in [0, 0.1) is 11.3 Å². The first-order valence-corrected chi connectivity index (χ1v) is 7.09. The zero-order chi connectivity index (χ0) is 15.5. The average Bonchev–Trinajstić information content (AvgIpc) is 2.37. The molecule has 4 heteroatoms. The maximum Gasteiger partial charge on any atom is 0.176 e. The predicted octanol–water partition coefficient (Wildman–Crippen LogP) is 2.35. The summed E-state index contributed by atoms with van der Waals surface area (Å²) in [5.41, 5.74) is 0.614. The molecule has 1 aliphatic rings. The van der Waals surface area contributed by atoms with Crippen LogP contribution >= 0.6 is 0 Å². The summed E-state index contributed by atoms with van der Waals surface area (Å²) in [6.45, 7) is 3.84. The van der Waals surface area contributed by atoms with Gasteiger partial charge in [0.2, 0.25) is 0 Å². The van der Waals surface area contributed by atoms with Crippen LogP contribution < -0.4 is 0 Å². The zero-order valence-electron chi connectivity index (χ0n) is 12.4. The van der Waals surface area contributed by atoms with Gasteiger partial charge in [-0.1, -0.05) is 44.2 Å². The van der Waals surface area contributed by atoms with Gasteiger partial charge in [0.15, 0.2) is 17.3 Å². The average molecular weight is 288 g/mol. The summed E-state index contributed by atoms with van der Waals surface area (Å²) in [4.78, 5) is 36.0. The van der Waals surface area contributed by atoms with E-state index in [9.17, 15) is 14.4 Å². The molecular weight excluding hydrogens is 268 g/mol. The molecule has 21 heavy (non-hydrogen) atoms. The van der Waals surface area contributed by atoms with E-state index in [2.05, 4.69) is 0 Å². The first-order chi connectivity index (χ1) is 9.89. The first kappa shape index (κ1) is 15.6. The SMILES string of the molecule is CC1(C)CC(=O)C(C(=O)COCc2ccccc2)C(=O)C1. The highest BCUT2D eigenvalue weighted by Crippen LogP contribution is 2.34. The summed E-state index contributed by atoms with van der Waals surface area (Å²) >= 11 is 0. The van der Waals surface area contributed by atoms with Crippen LogP contribution in [0.2, 0.25) is 0 Å². The van der Waals surface area contributed by atoms with Crippen LogP contribution in [0.3, 0.4) is 0 Å². The van der Waals surface area contributed by atoms with Crippen LogP contribution in [0.1, 0.15) is 32.3 Å². The van der Waals surface area contributed by atoms with Gasteiger partial charge in [-0.2, -0.15) is 0 Å². The Labute approximate surface area is 124 Å². The van der Waals surface area contributed by atoms with Crippen molar-refractivity contribution in [3.05, 3.63) is 35.9 Å². The molecule has 1 fully saturated rings. The molecule has 0 amide bonds. The van der Waals surface area contributed by atoms with Crippen molar-refractivity contribution in [3.63, 3.8) is 0 Å². The van der Waals surface area contributed by atoms with Crippen LogP contribution in [0.25, 0.3) is 0 Å². The second-order valence-corrected chi connectivity index (χ2v) is 6.33. The Hall–Kier alpha value is -1.81. The van der Waals surface area contributed by atoms with E-state index in [0.717, 1.165) is 5.56 Å². The Morgan fingerprint density at radius 3 is 2.29 bits per heavy atom. The van der Waals surface area contributed by atoms with E-state index in [4.69, 9.17) is 4.74 Å². The largest absolute Gasteiger partial charge is 0.369 e. The molecule has 1 aliphatic carbocycles. The van der Waals surface area contributed by atoms with E-state index in [1.165, 1.54) is 0 Å². The lowest BCUT2D eigenvalue weighted by Gasteiger charge is -2.31. The minimum absolute atomic E-state index is 0.197. The highest BCUT2D eigenvalue weighted by molar-refractivity contribution is 6.21. The van der Waals surface area contributed by atoms with Crippen LogP contribution in [0.4, 0.5) is 0 Å².